The second kappa shape index (κ2) is 12.3. The van der Waals surface area contributed by atoms with Crippen molar-refractivity contribution in [3.8, 4) is 5.75 Å². The summed E-state index contributed by atoms with van der Waals surface area (Å²) < 4.78 is 76.9. The van der Waals surface area contributed by atoms with Crippen molar-refractivity contribution in [3.63, 3.8) is 0 Å². The van der Waals surface area contributed by atoms with E-state index in [2.05, 4.69) is 0 Å². The maximum absolute atomic E-state index is 13.1. The van der Waals surface area contributed by atoms with E-state index in [1.165, 1.54) is 36.4 Å². The number of hydrogen-bond acceptors (Lipinski definition) is 3. The molecule has 198 valence electrons. The molecule has 0 radical (unpaired) electrons. The molecule has 0 aromatic heterocycles. The van der Waals surface area contributed by atoms with Gasteiger partial charge in [0.2, 0.25) is 0 Å². The molecule has 4 aromatic carbocycles. The van der Waals surface area contributed by atoms with Crippen LogP contribution >= 0.6 is 0 Å². The Balaban J connectivity index is 0.000000158. The highest BCUT2D eigenvalue weighted by molar-refractivity contribution is 5.84. The first-order valence-corrected chi connectivity index (χ1v) is 11.2. The standard InChI is InChI=1S/C10H8F2O.C10H6F2O.C8H6F2O2/c2*11-9-4-2-6-1-3-7(13)5-8(6)10(9)12;9-6-3-1-2-5(8(6)10)4-7(11)12/h2,4H,1,3,5H2;1-5,13H;1-3H,4H2,(H,11,12). The molecule has 0 saturated heterocycles. The minimum atomic E-state index is -1.18. The van der Waals surface area contributed by atoms with Crippen LogP contribution in [0.5, 0.6) is 5.75 Å². The van der Waals surface area contributed by atoms with E-state index >= 15 is 0 Å². The number of carboxylic acid groups (broad SMARTS) is 1. The summed E-state index contributed by atoms with van der Waals surface area (Å²) in [5.74, 6) is -6.92. The third-order valence-corrected chi connectivity index (χ3v) is 5.61. The smallest absolute Gasteiger partial charge is 0.307 e. The van der Waals surface area contributed by atoms with E-state index in [1.807, 2.05) is 0 Å². The number of phenolic OH excluding ortho intramolecular Hbond substituents is 1. The fraction of sp³-hybridized carbons (Fsp3) is 0.143. The van der Waals surface area contributed by atoms with Crippen LogP contribution in [0.25, 0.3) is 10.8 Å². The van der Waals surface area contributed by atoms with Crippen LogP contribution in [0.15, 0.2) is 60.7 Å². The molecule has 1 aliphatic carbocycles. The van der Waals surface area contributed by atoms with Gasteiger partial charge in [0.15, 0.2) is 34.9 Å². The average Bonchev–Trinajstić information content (AvgIpc) is 2.88. The van der Waals surface area contributed by atoms with Gasteiger partial charge in [-0.3, -0.25) is 9.59 Å². The molecule has 38 heavy (non-hydrogen) atoms. The zero-order valence-corrected chi connectivity index (χ0v) is 19.6. The first-order valence-electron chi connectivity index (χ1n) is 11.2. The molecule has 0 amide bonds. The van der Waals surface area contributed by atoms with Gasteiger partial charge >= 0.3 is 5.97 Å². The molecular weight excluding hydrogens is 514 g/mol. The lowest BCUT2D eigenvalue weighted by atomic mass is 9.90. The van der Waals surface area contributed by atoms with Gasteiger partial charge in [0, 0.05) is 29.4 Å². The Morgan fingerprint density at radius 3 is 2.11 bits per heavy atom. The van der Waals surface area contributed by atoms with Crippen molar-refractivity contribution in [1.29, 1.82) is 0 Å². The van der Waals surface area contributed by atoms with Crippen molar-refractivity contribution < 1.29 is 46.1 Å². The second-order valence-corrected chi connectivity index (χ2v) is 8.26. The highest BCUT2D eigenvalue weighted by Gasteiger charge is 2.20. The Morgan fingerprint density at radius 1 is 0.763 bits per heavy atom. The molecule has 4 nitrogen and oxygen atoms in total. The second-order valence-electron chi connectivity index (χ2n) is 8.26. The highest BCUT2D eigenvalue weighted by atomic mass is 19.2. The number of Topliss-reactive ketones (excluding diaryl/α,β-unsaturated/α-hetero) is 1. The molecule has 0 aliphatic heterocycles. The number of hydrogen-bond donors (Lipinski definition) is 2. The number of aliphatic carboxylic acids is 1. The summed E-state index contributed by atoms with van der Waals surface area (Å²) in [6.45, 7) is 0. The minimum Gasteiger partial charge on any atom is -0.508 e. The Hall–Kier alpha value is -4.34. The topological polar surface area (TPSA) is 74.6 Å². The molecule has 0 saturated carbocycles. The normalized spacial score (nSPS) is 12.1. The molecule has 0 atom stereocenters. The lowest BCUT2D eigenvalue weighted by Crippen LogP contribution is -2.15. The third-order valence-electron chi connectivity index (χ3n) is 5.61. The number of aryl methyl sites for hydroxylation is 1. The number of carboxylic acids is 1. The summed E-state index contributed by atoms with van der Waals surface area (Å²) in [7, 11) is 0. The highest BCUT2D eigenvalue weighted by Crippen LogP contribution is 2.25. The summed E-state index contributed by atoms with van der Waals surface area (Å²) in [5, 5.41) is 18.0. The Bertz CT molecular complexity index is 1500. The third kappa shape index (κ3) is 6.90. The summed E-state index contributed by atoms with van der Waals surface area (Å²) >= 11 is 0. The van der Waals surface area contributed by atoms with Crippen LogP contribution in [0.4, 0.5) is 26.3 Å². The number of carbonyl (C=O) groups is 2. The van der Waals surface area contributed by atoms with E-state index in [0.29, 0.717) is 18.2 Å². The summed E-state index contributed by atoms with van der Waals surface area (Å²) in [4.78, 5) is 21.1. The molecule has 4 aromatic rings. The Labute approximate surface area is 212 Å². The van der Waals surface area contributed by atoms with Crippen LogP contribution in [-0.4, -0.2) is 22.0 Å². The van der Waals surface area contributed by atoms with Gasteiger partial charge in [-0.15, -0.1) is 0 Å². The molecule has 0 unspecified atom stereocenters. The van der Waals surface area contributed by atoms with Gasteiger partial charge in [-0.05, 0) is 47.7 Å². The van der Waals surface area contributed by atoms with Crippen molar-refractivity contribution in [2.24, 2.45) is 0 Å². The SMILES string of the molecule is O=C(O)Cc1cccc(F)c1F.O=C1CCc2ccc(F)c(F)c2C1.Oc1ccc2ccc(F)c(F)c2c1. The molecule has 0 fully saturated rings. The van der Waals surface area contributed by atoms with Gasteiger partial charge in [0.05, 0.1) is 6.42 Å². The number of rotatable bonds is 2. The number of benzene rings is 4. The van der Waals surface area contributed by atoms with Crippen molar-refractivity contribution in [2.75, 3.05) is 0 Å². The van der Waals surface area contributed by atoms with Gasteiger partial charge in [0.1, 0.15) is 11.5 Å². The van der Waals surface area contributed by atoms with E-state index in [9.17, 15) is 35.9 Å². The zero-order chi connectivity index (χ0) is 28.0. The van der Waals surface area contributed by atoms with Gasteiger partial charge in [0.25, 0.3) is 0 Å². The number of carbonyl (C=O) groups excluding carboxylic acids is 1. The van der Waals surface area contributed by atoms with Gasteiger partial charge in [-0.2, -0.15) is 0 Å². The van der Waals surface area contributed by atoms with Crippen LogP contribution in [0.1, 0.15) is 23.1 Å². The lowest BCUT2D eigenvalue weighted by molar-refractivity contribution is -0.136. The zero-order valence-electron chi connectivity index (χ0n) is 19.6. The van der Waals surface area contributed by atoms with Crippen molar-refractivity contribution in [1.82, 2.24) is 0 Å². The molecule has 2 N–H and O–H groups in total. The molecule has 10 heteroatoms. The summed E-state index contributed by atoms with van der Waals surface area (Å²) in [5.41, 5.74) is 0.872. The number of fused-ring (bicyclic) bond motifs is 2. The van der Waals surface area contributed by atoms with Gasteiger partial charge < -0.3 is 10.2 Å². The lowest BCUT2D eigenvalue weighted by Gasteiger charge is -2.15. The Morgan fingerprint density at radius 2 is 1.39 bits per heavy atom. The molecule has 0 heterocycles. The minimum absolute atomic E-state index is 0.0167. The number of ketones is 1. The fourth-order valence-electron chi connectivity index (χ4n) is 3.71. The molecule has 5 rings (SSSR count). The van der Waals surface area contributed by atoms with Crippen LogP contribution in [0.3, 0.4) is 0 Å². The van der Waals surface area contributed by atoms with Crippen molar-refractivity contribution in [3.05, 3.63) is 112 Å². The largest absolute Gasteiger partial charge is 0.508 e. The maximum atomic E-state index is 13.1. The number of aromatic hydroxyl groups is 1. The van der Waals surface area contributed by atoms with Gasteiger partial charge in [-0.1, -0.05) is 30.3 Å². The van der Waals surface area contributed by atoms with Crippen LogP contribution in [-0.2, 0) is 28.9 Å². The van der Waals surface area contributed by atoms with E-state index in [4.69, 9.17) is 10.2 Å². The average molecular weight is 534 g/mol. The first-order chi connectivity index (χ1) is 18.0. The predicted octanol–water partition coefficient (Wildman–Crippen LogP) is 6.44. The van der Waals surface area contributed by atoms with Gasteiger partial charge in [-0.25, -0.2) is 26.3 Å². The van der Waals surface area contributed by atoms with E-state index in [-0.39, 0.29) is 34.5 Å². The monoisotopic (exact) mass is 534 g/mol. The maximum Gasteiger partial charge on any atom is 0.307 e. The van der Waals surface area contributed by atoms with Crippen molar-refractivity contribution >= 4 is 22.5 Å². The van der Waals surface area contributed by atoms with Crippen LogP contribution in [0.2, 0.25) is 0 Å². The molecule has 0 spiro atoms. The van der Waals surface area contributed by atoms with E-state index in [1.54, 1.807) is 6.07 Å². The summed E-state index contributed by atoms with van der Waals surface area (Å²) in [6.07, 6.45) is 0.520. The molecular formula is C28H20F6O4. The van der Waals surface area contributed by atoms with E-state index < -0.39 is 47.3 Å². The van der Waals surface area contributed by atoms with Crippen LogP contribution < -0.4 is 0 Å². The van der Waals surface area contributed by atoms with Crippen LogP contribution in [0, 0.1) is 34.9 Å². The van der Waals surface area contributed by atoms with Crippen molar-refractivity contribution in [2.45, 2.75) is 25.7 Å². The fourth-order valence-corrected chi connectivity index (χ4v) is 3.71. The predicted molar refractivity (Wildman–Crippen MR) is 127 cm³/mol. The summed E-state index contributed by atoms with van der Waals surface area (Å²) in [6, 6.07) is 12.8. The molecule has 0 bridgehead atoms. The quantitative estimate of drug-likeness (QED) is 0.291. The Kier molecular flexibility index (Phi) is 9.11. The number of halogens is 6. The first kappa shape index (κ1) is 28.2. The molecule has 1 aliphatic rings. The number of phenols is 1. The van der Waals surface area contributed by atoms with E-state index in [0.717, 1.165) is 23.8 Å².